The van der Waals surface area contributed by atoms with E-state index in [1.165, 1.54) is 0 Å². The fourth-order valence-corrected chi connectivity index (χ4v) is 5.47. The third kappa shape index (κ3) is 7.59. The topological polar surface area (TPSA) is 67.2 Å². The second kappa shape index (κ2) is 11.3. The van der Waals surface area contributed by atoms with Crippen molar-refractivity contribution in [3.63, 3.8) is 0 Å². The first-order valence-corrected chi connectivity index (χ1v) is 13.3. The summed E-state index contributed by atoms with van der Waals surface area (Å²) < 4.78 is 28.5. The Hall–Kier alpha value is -1.93. The van der Waals surface area contributed by atoms with Crippen LogP contribution in [0.1, 0.15) is 58.4 Å². The lowest BCUT2D eigenvalue weighted by Crippen LogP contribution is -2.44. The normalized spacial score (nSPS) is 12.1. The number of nitrogens with one attached hydrogen (secondary N) is 1. The van der Waals surface area contributed by atoms with E-state index in [1.54, 1.807) is 6.20 Å². The number of thiocarbonyl (C=S) groups is 1. The van der Waals surface area contributed by atoms with Gasteiger partial charge in [0.15, 0.2) is 5.11 Å². The average molecular weight is 479 g/mol. The van der Waals surface area contributed by atoms with Gasteiger partial charge >= 0.3 is 0 Å². The molecule has 2 aromatic rings. The SMILES string of the molecule is Cc1cccc(CS(=O)(=O)c2ncc(CN(CC(C)C)C(=S)NC(C)C)n2CC(C)C)c1. The van der Waals surface area contributed by atoms with Crippen LogP contribution in [0.15, 0.2) is 35.6 Å². The van der Waals surface area contributed by atoms with Crippen LogP contribution in [-0.4, -0.2) is 40.6 Å². The molecule has 1 aromatic heterocycles. The third-order valence-electron chi connectivity index (χ3n) is 4.80. The average Bonchev–Trinajstić information content (AvgIpc) is 3.02. The van der Waals surface area contributed by atoms with Crippen molar-refractivity contribution in [2.24, 2.45) is 11.8 Å². The molecule has 1 heterocycles. The first kappa shape index (κ1) is 26.3. The van der Waals surface area contributed by atoms with Gasteiger partial charge in [-0.2, -0.15) is 0 Å². The summed E-state index contributed by atoms with van der Waals surface area (Å²) in [5.74, 6) is 0.620. The zero-order valence-electron chi connectivity index (χ0n) is 20.4. The zero-order chi connectivity index (χ0) is 24.1. The van der Waals surface area contributed by atoms with Crippen molar-refractivity contribution in [2.75, 3.05) is 6.54 Å². The third-order valence-corrected chi connectivity index (χ3v) is 6.78. The molecule has 2 rings (SSSR count). The van der Waals surface area contributed by atoms with Crippen molar-refractivity contribution >= 4 is 27.2 Å². The van der Waals surface area contributed by atoms with E-state index in [-0.39, 0.29) is 22.9 Å². The van der Waals surface area contributed by atoms with E-state index < -0.39 is 9.84 Å². The first-order chi connectivity index (χ1) is 14.9. The summed E-state index contributed by atoms with van der Waals surface area (Å²) in [6.07, 6.45) is 1.69. The minimum absolute atomic E-state index is 0.0632. The van der Waals surface area contributed by atoms with Crippen LogP contribution in [0.2, 0.25) is 0 Å². The molecule has 6 nitrogen and oxygen atoms in total. The van der Waals surface area contributed by atoms with E-state index in [0.29, 0.717) is 24.1 Å². The lowest BCUT2D eigenvalue weighted by atomic mass is 10.2. The second-order valence-electron chi connectivity index (χ2n) is 9.66. The molecule has 32 heavy (non-hydrogen) atoms. The quantitative estimate of drug-likeness (QED) is 0.505. The summed E-state index contributed by atoms with van der Waals surface area (Å²) in [5.41, 5.74) is 2.67. The lowest BCUT2D eigenvalue weighted by molar-refractivity contribution is 0.337. The second-order valence-corrected chi connectivity index (χ2v) is 11.9. The highest BCUT2D eigenvalue weighted by Crippen LogP contribution is 2.21. The molecule has 1 aromatic carbocycles. The predicted molar refractivity (Wildman–Crippen MR) is 135 cm³/mol. The Morgan fingerprint density at radius 1 is 1.16 bits per heavy atom. The molecule has 0 bridgehead atoms. The van der Waals surface area contributed by atoms with Crippen molar-refractivity contribution in [2.45, 2.75) is 78.5 Å². The van der Waals surface area contributed by atoms with Gasteiger partial charge in [0, 0.05) is 19.1 Å². The molecule has 0 spiro atoms. The van der Waals surface area contributed by atoms with Crippen LogP contribution in [0, 0.1) is 18.8 Å². The van der Waals surface area contributed by atoms with Crippen molar-refractivity contribution in [3.8, 4) is 0 Å². The number of nitrogens with zero attached hydrogens (tertiary/aromatic N) is 3. The lowest BCUT2D eigenvalue weighted by Gasteiger charge is -2.29. The number of hydrogen-bond donors (Lipinski definition) is 1. The van der Waals surface area contributed by atoms with Crippen LogP contribution in [0.3, 0.4) is 0 Å². The molecule has 8 heteroatoms. The largest absolute Gasteiger partial charge is 0.360 e. The molecular weight excluding hydrogens is 440 g/mol. The van der Waals surface area contributed by atoms with E-state index in [9.17, 15) is 8.42 Å². The molecule has 0 amide bonds. The van der Waals surface area contributed by atoms with Crippen LogP contribution in [0.4, 0.5) is 0 Å². The molecule has 0 saturated carbocycles. The number of aryl methyl sites for hydroxylation is 1. The van der Waals surface area contributed by atoms with E-state index in [4.69, 9.17) is 12.2 Å². The van der Waals surface area contributed by atoms with Gasteiger partial charge in [0.2, 0.25) is 15.0 Å². The Labute approximate surface area is 199 Å². The van der Waals surface area contributed by atoms with Crippen molar-refractivity contribution in [1.29, 1.82) is 0 Å². The maximum Gasteiger partial charge on any atom is 0.228 e. The summed E-state index contributed by atoms with van der Waals surface area (Å²) in [7, 11) is -3.60. The Morgan fingerprint density at radius 2 is 1.84 bits per heavy atom. The Kier molecular flexibility index (Phi) is 9.28. The molecule has 0 saturated heterocycles. The van der Waals surface area contributed by atoms with Crippen molar-refractivity contribution in [3.05, 3.63) is 47.3 Å². The number of imidazole rings is 1. The summed E-state index contributed by atoms with van der Waals surface area (Å²) in [6, 6.07) is 7.84. The summed E-state index contributed by atoms with van der Waals surface area (Å²) in [6.45, 7) is 16.4. The van der Waals surface area contributed by atoms with Crippen LogP contribution in [-0.2, 0) is 28.7 Å². The van der Waals surface area contributed by atoms with Gasteiger partial charge in [0.25, 0.3) is 0 Å². The fraction of sp³-hybridized carbons (Fsp3) is 0.583. The maximum atomic E-state index is 13.3. The Morgan fingerprint density at radius 3 is 2.41 bits per heavy atom. The zero-order valence-corrected chi connectivity index (χ0v) is 22.1. The Balaban J connectivity index is 2.40. The standard InChI is InChI=1S/C24H38N4O2S2/c1-17(2)13-27(23(31)26-19(5)6)15-22-12-25-24(28(22)14-18(3)4)32(29,30)16-21-10-8-9-20(7)11-21/h8-12,17-19H,13-16H2,1-7H3,(H,26,31). The summed E-state index contributed by atoms with van der Waals surface area (Å²) in [5, 5.41) is 4.12. The summed E-state index contributed by atoms with van der Waals surface area (Å²) >= 11 is 5.65. The number of benzene rings is 1. The van der Waals surface area contributed by atoms with Gasteiger partial charge in [-0.05, 0) is 50.4 Å². The molecule has 0 atom stereocenters. The van der Waals surface area contributed by atoms with Crippen LogP contribution in [0.5, 0.6) is 0 Å². The highest BCUT2D eigenvalue weighted by molar-refractivity contribution is 7.90. The molecule has 0 aliphatic rings. The van der Waals surface area contributed by atoms with E-state index in [2.05, 4.69) is 56.7 Å². The number of rotatable bonds is 10. The van der Waals surface area contributed by atoms with Gasteiger partial charge in [-0.15, -0.1) is 0 Å². The van der Waals surface area contributed by atoms with Crippen molar-refractivity contribution < 1.29 is 8.42 Å². The van der Waals surface area contributed by atoms with E-state index >= 15 is 0 Å². The molecular formula is C24H38N4O2S2. The predicted octanol–water partition coefficient (Wildman–Crippen LogP) is 4.56. The van der Waals surface area contributed by atoms with Crippen LogP contribution in [0.25, 0.3) is 0 Å². The molecule has 0 aliphatic heterocycles. The number of sulfone groups is 1. The van der Waals surface area contributed by atoms with Gasteiger partial charge < -0.3 is 14.8 Å². The molecule has 0 fully saturated rings. The number of aromatic nitrogens is 2. The van der Waals surface area contributed by atoms with Gasteiger partial charge in [0.05, 0.1) is 24.2 Å². The smallest absolute Gasteiger partial charge is 0.228 e. The fourth-order valence-electron chi connectivity index (χ4n) is 3.61. The minimum Gasteiger partial charge on any atom is -0.360 e. The van der Waals surface area contributed by atoms with E-state index in [0.717, 1.165) is 23.4 Å². The monoisotopic (exact) mass is 478 g/mol. The van der Waals surface area contributed by atoms with Gasteiger partial charge in [-0.1, -0.05) is 57.5 Å². The molecule has 178 valence electrons. The molecule has 0 unspecified atom stereocenters. The first-order valence-electron chi connectivity index (χ1n) is 11.3. The molecule has 1 N–H and O–H groups in total. The highest BCUT2D eigenvalue weighted by atomic mass is 32.2. The highest BCUT2D eigenvalue weighted by Gasteiger charge is 2.26. The number of hydrogen-bond acceptors (Lipinski definition) is 4. The van der Waals surface area contributed by atoms with Gasteiger partial charge in [-0.25, -0.2) is 13.4 Å². The minimum atomic E-state index is -3.60. The molecule has 0 aliphatic carbocycles. The molecule has 0 radical (unpaired) electrons. The van der Waals surface area contributed by atoms with Crippen LogP contribution < -0.4 is 5.32 Å². The van der Waals surface area contributed by atoms with Crippen LogP contribution >= 0.6 is 12.2 Å². The maximum absolute atomic E-state index is 13.3. The van der Waals surface area contributed by atoms with Gasteiger partial charge in [0.1, 0.15) is 0 Å². The summed E-state index contributed by atoms with van der Waals surface area (Å²) in [4.78, 5) is 6.50. The van der Waals surface area contributed by atoms with Gasteiger partial charge in [-0.3, -0.25) is 0 Å². The van der Waals surface area contributed by atoms with E-state index in [1.807, 2.05) is 35.8 Å². The Bertz CT molecular complexity index is 1010. The van der Waals surface area contributed by atoms with Crippen molar-refractivity contribution in [1.82, 2.24) is 19.8 Å².